The van der Waals surface area contributed by atoms with Gasteiger partial charge < -0.3 is 11.1 Å². The first-order valence-corrected chi connectivity index (χ1v) is 6.71. The summed E-state index contributed by atoms with van der Waals surface area (Å²) >= 11 is 5.95. The summed E-state index contributed by atoms with van der Waals surface area (Å²) < 4.78 is 0. The molecule has 0 saturated heterocycles. The van der Waals surface area contributed by atoms with Gasteiger partial charge in [0.1, 0.15) is 0 Å². The van der Waals surface area contributed by atoms with Crippen molar-refractivity contribution >= 4 is 23.2 Å². The zero-order valence-electron chi connectivity index (χ0n) is 11.5. The van der Waals surface area contributed by atoms with Crippen LogP contribution in [0.5, 0.6) is 0 Å². The molecule has 1 aromatic heterocycles. The summed E-state index contributed by atoms with van der Waals surface area (Å²) in [6, 6.07) is 8.54. The second kappa shape index (κ2) is 6.89. The molecule has 0 saturated carbocycles. The van der Waals surface area contributed by atoms with Crippen molar-refractivity contribution in [2.45, 2.75) is 6.92 Å². The van der Waals surface area contributed by atoms with E-state index in [0.717, 1.165) is 0 Å². The van der Waals surface area contributed by atoms with Gasteiger partial charge in [-0.25, -0.2) is 0 Å². The van der Waals surface area contributed by atoms with Gasteiger partial charge in [0.15, 0.2) is 0 Å². The van der Waals surface area contributed by atoms with Crippen molar-refractivity contribution in [1.82, 2.24) is 4.98 Å². The summed E-state index contributed by atoms with van der Waals surface area (Å²) in [7, 11) is 0. The number of nitrogens with one attached hydrogen (secondary N) is 1. The first kappa shape index (κ1) is 15.0. The molecule has 3 N–H and O–H groups in total. The molecular weight excluding hydrogens is 286 g/mol. The van der Waals surface area contributed by atoms with Gasteiger partial charge in [-0.05, 0) is 37.3 Å². The second-order valence-electron chi connectivity index (χ2n) is 4.29. The van der Waals surface area contributed by atoms with E-state index in [1.807, 2.05) is 0 Å². The highest BCUT2D eigenvalue weighted by Gasteiger charge is 2.11. The highest BCUT2D eigenvalue weighted by Crippen LogP contribution is 2.21. The number of aromatic nitrogens is 1. The van der Waals surface area contributed by atoms with Crippen LogP contribution in [0.2, 0.25) is 5.02 Å². The van der Waals surface area contributed by atoms with Crippen molar-refractivity contribution < 1.29 is 4.79 Å². The standard InChI is InChI=1S/C16H14ClN3O/c1-11-14(5-3-9-19-11)16(21)20-15-7-6-13(17)10-12(15)4-2-8-18/h3,5-7,9-10H,8,18H2,1H3,(H,20,21). The van der Waals surface area contributed by atoms with E-state index < -0.39 is 0 Å². The Morgan fingerprint density at radius 3 is 2.95 bits per heavy atom. The third-order valence-electron chi connectivity index (χ3n) is 2.81. The number of carbonyl (C=O) groups excluding carboxylic acids is 1. The molecular formula is C16H14ClN3O. The maximum atomic E-state index is 12.3. The molecule has 5 heteroatoms. The van der Waals surface area contributed by atoms with Gasteiger partial charge in [-0.2, -0.15) is 0 Å². The van der Waals surface area contributed by atoms with Crippen LogP contribution in [0, 0.1) is 18.8 Å². The van der Waals surface area contributed by atoms with Gasteiger partial charge in [-0.15, -0.1) is 0 Å². The molecule has 4 nitrogen and oxygen atoms in total. The third-order valence-corrected chi connectivity index (χ3v) is 3.04. The summed E-state index contributed by atoms with van der Waals surface area (Å²) in [6.45, 7) is 2.02. The Bertz CT molecular complexity index is 732. The maximum absolute atomic E-state index is 12.3. The molecule has 0 radical (unpaired) electrons. The predicted octanol–water partition coefficient (Wildman–Crippen LogP) is 2.61. The fraction of sp³-hybridized carbons (Fsp3) is 0.125. The van der Waals surface area contributed by atoms with Gasteiger partial charge in [0, 0.05) is 22.5 Å². The molecule has 1 heterocycles. The summed E-state index contributed by atoms with van der Waals surface area (Å²) in [6.07, 6.45) is 1.65. The average molecular weight is 300 g/mol. The Hall–Kier alpha value is -2.35. The monoisotopic (exact) mass is 299 g/mol. The molecule has 106 valence electrons. The minimum absolute atomic E-state index is 0.237. The van der Waals surface area contributed by atoms with E-state index in [-0.39, 0.29) is 12.5 Å². The van der Waals surface area contributed by atoms with E-state index in [4.69, 9.17) is 17.3 Å². The van der Waals surface area contributed by atoms with Crippen molar-refractivity contribution in [1.29, 1.82) is 0 Å². The van der Waals surface area contributed by atoms with E-state index in [9.17, 15) is 4.79 Å². The molecule has 0 unspecified atom stereocenters. The van der Waals surface area contributed by atoms with Crippen LogP contribution in [0.1, 0.15) is 21.6 Å². The fourth-order valence-electron chi connectivity index (χ4n) is 1.79. The van der Waals surface area contributed by atoms with E-state index in [2.05, 4.69) is 22.1 Å². The van der Waals surface area contributed by atoms with Crippen LogP contribution in [0.25, 0.3) is 0 Å². The molecule has 2 rings (SSSR count). The molecule has 1 amide bonds. The van der Waals surface area contributed by atoms with E-state index in [1.54, 1.807) is 43.5 Å². The molecule has 0 bridgehead atoms. The van der Waals surface area contributed by atoms with Crippen molar-refractivity contribution in [3.05, 3.63) is 58.4 Å². The van der Waals surface area contributed by atoms with Crippen molar-refractivity contribution in [2.24, 2.45) is 5.73 Å². The van der Waals surface area contributed by atoms with Crippen LogP contribution in [0.3, 0.4) is 0 Å². The van der Waals surface area contributed by atoms with E-state index >= 15 is 0 Å². The molecule has 0 aliphatic carbocycles. The Morgan fingerprint density at radius 1 is 1.43 bits per heavy atom. The number of pyridine rings is 1. The second-order valence-corrected chi connectivity index (χ2v) is 4.72. The molecule has 1 aromatic carbocycles. The highest BCUT2D eigenvalue weighted by atomic mass is 35.5. The Balaban J connectivity index is 2.31. The minimum atomic E-state index is -0.237. The number of nitrogens with zero attached hydrogens (tertiary/aromatic N) is 1. The number of anilines is 1. The Morgan fingerprint density at radius 2 is 2.24 bits per heavy atom. The van der Waals surface area contributed by atoms with Crippen LogP contribution in [-0.2, 0) is 0 Å². The van der Waals surface area contributed by atoms with Crippen LogP contribution in [0.15, 0.2) is 36.5 Å². The minimum Gasteiger partial charge on any atom is -0.321 e. The fourth-order valence-corrected chi connectivity index (χ4v) is 1.96. The number of rotatable bonds is 2. The Labute approximate surface area is 128 Å². The smallest absolute Gasteiger partial charge is 0.257 e. The number of amides is 1. The van der Waals surface area contributed by atoms with Crippen LogP contribution >= 0.6 is 11.6 Å². The summed E-state index contributed by atoms with van der Waals surface area (Å²) in [5, 5.41) is 3.37. The number of hydrogen-bond acceptors (Lipinski definition) is 3. The van der Waals surface area contributed by atoms with Crippen LogP contribution in [-0.4, -0.2) is 17.4 Å². The zero-order valence-corrected chi connectivity index (χ0v) is 12.2. The Kier molecular flexibility index (Phi) is 4.94. The van der Waals surface area contributed by atoms with Gasteiger partial charge in [0.2, 0.25) is 0 Å². The van der Waals surface area contributed by atoms with Crippen molar-refractivity contribution in [3.8, 4) is 11.8 Å². The van der Waals surface area contributed by atoms with E-state index in [1.165, 1.54) is 0 Å². The molecule has 0 fully saturated rings. The van der Waals surface area contributed by atoms with Gasteiger partial charge in [-0.3, -0.25) is 9.78 Å². The lowest BCUT2D eigenvalue weighted by molar-refractivity contribution is 0.102. The molecule has 2 aromatic rings. The topological polar surface area (TPSA) is 68.0 Å². The zero-order chi connectivity index (χ0) is 15.2. The van der Waals surface area contributed by atoms with Crippen LogP contribution in [0.4, 0.5) is 5.69 Å². The number of carbonyl (C=O) groups is 1. The number of aryl methyl sites for hydroxylation is 1. The van der Waals surface area contributed by atoms with Crippen molar-refractivity contribution in [3.63, 3.8) is 0 Å². The number of benzene rings is 1. The lowest BCUT2D eigenvalue weighted by Crippen LogP contribution is -2.14. The lowest BCUT2D eigenvalue weighted by Gasteiger charge is -2.09. The number of nitrogens with two attached hydrogens (primary N) is 1. The summed E-state index contributed by atoms with van der Waals surface area (Å²) in [5.74, 6) is 5.41. The first-order valence-electron chi connectivity index (χ1n) is 6.33. The molecule has 0 spiro atoms. The molecule has 21 heavy (non-hydrogen) atoms. The van der Waals surface area contributed by atoms with Gasteiger partial charge in [0.25, 0.3) is 5.91 Å². The highest BCUT2D eigenvalue weighted by molar-refractivity contribution is 6.30. The van der Waals surface area contributed by atoms with Gasteiger partial charge >= 0.3 is 0 Å². The number of halogens is 1. The quantitative estimate of drug-likeness (QED) is 0.838. The first-order chi connectivity index (χ1) is 10.1. The summed E-state index contributed by atoms with van der Waals surface area (Å²) in [5.41, 5.74) is 7.78. The molecule has 0 atom stereocenters. The maximum Gasteiger partial charge on any atom is 0.257 e. The molecule has 0 aliphatic rings. The van der Waals surface area contributed by atoms with E-state index in [0.29, 0.717) is 27.5 Å². The SMILES string of the molecule is Cc1ncccc1C(=O)Nc1ccc(Cl)cc1C#CCN. The average Bonchev–Trinajstić information content (AvgIpc) is 2.47. The predicted molar refractivity (Wildman–Crippen MR) is 84.3 cm³/mol. The van der Waals surface area contributed by atoms with Crippen LogP contribution < -0.4 is 11.1 Å². The lowest BCUT2D eigenvalue weighted by atomic mass is 10.1. The normalized spacial score (nSPS) is 9.67. The van der Waals surface area contributed by atoms with Gasteiger partial charge in [-0.1, -0.05) is 23.4 Å². The molecule has 0 aliphatic heterocycles. The summed E-state index contributed by atoms with van der Waals surface area (Å²) in [4.78, 5) is 16.4. The third kappa shape index (κ3) is 3.82. The van der Waals surface area contributed by atoms with Gasteiger partial charge in [0.05, 0.1) is 17.8 Å². The number of hydrogen-bond donors (Lipinski definition) is 2. The van der Waals surface area contributed by atoms with Crippen molar-refractivity contribution in [2.75, 3.05) is 11.9 Å². The largest absolute Gasteiger partial charge is 0.321 e.